The van der Waals surface area contributed by atoms with Crippen molar-refractivity contribution in [1.82, 2.24) is 10.2 Å². The molecule has 7 heteroatoms. The van der Waals surface area contributed by atoms with Crippen LogP contribution < -0.4 is 10.1 Å². The summed E-state index contributed by atoms with van der Waals surface area (Å²) in [4.78, 5) is 13.9. The fourth-order valence-corrected chi connectivity index (χ4v) is 3.09. The molecule has 114 valence electrons. The maximum absolute atomic E-state index is 11.8. The molecule has 0 unspecified atom stereocenters. The summed E-state index contributed by atoms with van der Waals surface area (Å²) in [5.41, 5.74) is 0. The predicted molar refractivity (Wildman–Crippen MR) is 90.8 cm³/mol. The quantitative estimate of drug-likeness (QED) is 0.802. The Kier molecular flexibility index (Phi) is 6.26. The second-order valence-electron chi connectivity index (χ2n) is 4.76. The first-order valence-electron chi connectivity index (χ1n) is 6.73. The second-order valence-corrected chi connectivity index (χ2v) is 6.47. The van der Waals surface area contributed by atoms with Gasteiger partial charge in [0.2, 0.25) is 0 Å². The number of thiocarbonyl (C=S) groups is 1. The van der Waals surface area contributed by atoms with Gasteiger partial charge in [0.1, 0.15) is 5.75 Å². The molecule has 0 atom stereocenters. The number of piperidine rings is 1. The van der Waals surface area contributed by atoms with Gasteiger partial charge >= 0.3 is 0 Å². The van der Waals surface area contributed by atoms with Gasteiger partial charge in [-0.05, 0) is 49.7 Å². The van der Waals surface area contributed by atoms with Crippen LogP contribution in [0.15, 0.2) is 22.7 Å². The molecule has 4 nitrogen and oxygen atoms in total. The number of carbonyl (C=O) groups is 1. The number of carbonyl (C=O) groups excluding carboxylic acids is 1. The Morgan fingerprint density at radius 1 is 1.38 bits per heavy atom. The molecule has 1 aliphatic rings. The van der Waals surface area contributed by atoms with Crippen molar-refractivity contribution in [3.8, 4) is 5.75 Å². The minimum absolute atomic E-state index is 0.116. The van der Waals surface area contributed by atoms with E-state index in [9.17, 15) is 4.79 Å². The van der Waals surface area contributed by atoms with Gasteiger partial charge in [0, 0.05) is 17.6 Å². The summed E-state index contributed by atoms with van der Waals surface area (Å²) in [6.07, 6.45) is 3.44. The van der Waals surface area contributed by atoms with Gasteiger partial charge in [0.15, 0.2) is 11.7 Å². The molecule has 1 aromatic rings. The summed E-state index contributed by atoms with van der Waals surface area (Å²) >= 11 is 14.6. The molecule has 1 aromatic carbocycles. The number of amides is 1. The minimum atomic E-state index is -0.274. The number of benzene rings is 1. The molecule has 0 radical (unpaired) electrons. The fraction of sp³-hybridized carbons (Fsp3) is 0.429. The SMILES string of the molecule is O=C(COc1ccc(Br)cc1Cl)NC(=S)N1CCCCC1. The van der Waals surface area contributed by atoms with Gasteiger partial charge in [0.05, 0.1) is 5.02 Å². The van der Waals surface area contributed by atoms with Crippen LogP contribution in [0.3, 0.4) is 0 Å². The second kappa shape index (κ2) is 7.96. The van der Waals surface area contributed by atoms with Crippen molar-refractivity contribution in [2.24, 2.45) is 0 Å². The summed E-state index contributed by atoms with van der Waals surface area (Å²) in [6, 6.07) is 5.23. The molecule has 1 aliphatic heterocycles. The van der Waals surface area contributed by atoms with Crippen LogP contribution in [0.2, 0.25) is 5.02 Å². The van der Waals surface area contributed by atoms with E-state index in [0.717, 1.165) is 30.4 Å². The number of nitrogens with one attached hydrogen (secondary N) is 1. The van der Waals surface area contributed by atoms with Crippen LogP contribution >= 0.6 is 39.7 Å². The molecule has 0 spiro atoms. The van der Waals surface area contributed by atoms with Crippen LogP contribution in [0.1, 0.15) is 19.3 Å². The molecule has 0 aromatic heterocycles. The lowest BCUT2D eigenvalue weighted by Crippen LogP contribution is -2.46. The first kappa shape index (κ1) is 16.5. The predicted octanol–water partition coefficient (Wildman–Crippen LogP) is 3.37. The van der Waals surface area contributed by atoms with Crippen LogP contribution in [0, 0.1) is 0 Å². The Morgan fingerprint density at radius 3 is 2.76 bits per heavy atom. The number of hydrogen-bond donors (Lipinski definition) is 1. The lowest BCUT2D eigenvalue weighted by molar-refractivity contribution is -0.121. The monoisotopic (exact) mass is 390 g/mol. The van der Waals surface area contributed by atoms with Crippen LogP contribution in [-0.2, 0) is 4.79 Å². The lowest BCUT2D eigenvalue weighted by atomic mass is 10.1. The Bertz CT molecular complexity index is 536. The van der Waals surface area contributed by atoms with Gasteiger partial charge in [-0.25, -0.2) is 0 Å². The van der Waals surface area contributed by atoms with Gasteiger partial charge in [-0.15, -0.1) is 0 Å². The molecule has 0 bridgehead atoms. The van der Waals surface area contributed by atoms with E-state index in [1.54, 1.807) is 18.2 Å². The molecule has 1 saturated heterocycles. The largest absolute Gasteiger partial charge is 0.482 e. The van der Waals surface area contributed by atoms with Crippen molar-refractivity contribution in [3.05, 3.63) is 27.7 Å². The van der Waals surface area contributed by atoms with Crippen LogP contribution in [0.4, 0.5) is 0 Å². The Balaban J connectivity index is 1.80. The van der Waals surface area contributed by atoms with Crippen molar-refractivity contribution in [2.45, 2.75) is 19.3 Å². The maximum Gasteiger partial charge on any atom is 0.264 e. The van der Waals surface area contributed by atoms with Gasteiger partial charge in [-0.3, -0.25) is 4.79 Å². The number of ether oxygens (including phenoxy) is 1. The summed E-state index contributed by atoms with van der Waals surface area (Å²) in [5.74, 6) is 0.198. The third-order valence-corrected chi connectivity index (χ3v) is 4.29. The average Bonchev–Trinajstić information content (AvgIpc) is 2.47. The van der Waals surface area contributed by atoms with Gasteiger partial charge in [0.25, 0.3) is 5.91 Å². The van der Waals surface area contributed by atoms with E-state index in [0.29, 0.717) is 15.9 Å². The van der Waals surface area contributed by atoms with E-state index in [4.69, 9.17) is 28.6 Å². The highest BCUT2D eigenvalue weighted by atomic mass is 79.9. The highest BCUT2D eigenvalue weighted by Crippen LogP contribution is 2.27. The molecule has 1 fully saturated rings. The van der Waals surface area contributed by atoms with E-state index in [2.05, 4.69) is 21.2 Å². The Hall–Kier alpha value is -0.850. The number of likely N-dealkylation sites (tertiary alicyclic amines) is 1. The summed E-state index contributed by atoms with van der Waals surface area (Å²) < 4.78 is 6.26. The molecule has 0 saturated carbocycles. The topological polar surface area (TPSA) is 41.6 Å². The molecule has 1 N–H and O–H groups in total. The first-order valence-corrected chi connectivity index (χ1v) is 8.31. The van der Waals surface area contributed by atoms with Gasteiger partial charge in [-0.2, -0.15) is 0 Å². The van der Waals surface area contributed by atoms with E-state index < -0.39 is 0 Å². The van der Waals surface area contributed by atoms with Crippen molar-refractivity contribution < 1.29 is 9.53 Å². The zero-order chi connectivity index (χ0) is 15.2. The minimum Gasteiger partial charge on any atom is -0.482 e. The standard InChI is InChI=1S/C14H16BrClN2O2S/c15-10-4-5-12(11(16)8-10)20-9-13(19)17-14(21)18-6-2-1-3-7-18/h4-5,8H,1-3,6-7,9H2,(H,17,19,21). The van der Waals surface area contributed by atoms with Crippen molar-refractivity contribution in [3.63, 3.8) is 0 Å². The zero-order valence-corrected chi connectivity index (χ0v) is 14.6. The summed E-state index contributed by atoms with van der Waals surface area (Å²) in [7, 11) is 0. The molecular formula is C14H16BrClN2O2S. The number of halogens is 2. The maximum atomic E-state index is 11.8. The van der Waals surface area contributed by atoms with E-state index in [1.165, 1.54) is 6.42 Å². The summed E-state index contributed by atoms with van der Waals surface area (Å²) in [6.45, 7) is 1.69. The Labute approximate surface area is 142 Å². The Morgan fingerprint density at radius 2 is 2.10 bits per heavy atom. The highest BCUT2D eigenvalue weighted by molar-refractivity contribution is 9.10. The van der Waals surface area contributed by atoms with E-state index in [-0.39, 0.29) is 12.5 Å². The third kappa shape index (κ3) is 5.13. The van der Waals surface area contributed by atoms with Crippen LogP contribution in [0.5, 0.6) is 5.75 Å². The number of rotatable bonds is 3. The van der Waals surface area contributed by atoms with Crippen LogP contribution in [-0.4, -0.2) is 35.6 Å². The van der Waals surface area contributed by atoms with E-state index >= 15 is 0 Å². The molecular weight excluding hydrogens is 376 g/mol. The lowest BCUT2D eigenvalue weighted by Gasteiger charge is -2.28. The zero-order valence-electron chi connectivity index (χ0n) is 11.4. The highest BCUT2D eigenvalue weighted by Gasteiger charge is 2.15. The fourth-order valence-electron chi connectivity index (χ4n) is 2.07. The number of hydrogen-bond acceptors (Lipinski definition) is 3. The summed E-state index contributed by atoms with van der Waals surface area (Å²) in [5, 5.41) is 3.62. The van der Waals surface area contributed by atoms with Crippen molar-refractivity contribution in [2.75, 3.05) is 19.7 Å². The molecule has 0 aliphatic carbocycles. The van der Waals surface area contributed by atoms with E-state index in [1.807, 2.05) is 4.90 Å². The molecule has 1 heterocycles. The third-order valence-electron chi connectivity index (χ3n) is 3.14. The normalized spacial score (nSPS) is 14.7. The first-order chi connectivity index (χ1) is 10.1. The van der Waals surface area contributed by atoms with Gasteiger partial charge in [-0.1, -0.05) is 27.5 Å². The molecule has 21 heavy (non-hydrogen) atoms. The number of nitrogens with zero attached hydrogens (tertiary/aromatic N) is 1. The molecule has 2 rings (SSSR count). The van der Waals surface area contributed by atoms with Crippen LogP contribution in [0.25, 0.3) is 0 Å². The van der Waals surface area contributed by atoms with Crippen molar-refractivity contribution in [1.29, 1.82) is 0 Å². The smallest absolute Gasteiger partial charge is 0.264 e. The van der Waals surface area contributed by atoms with Crippen molar-refractivity contribution >= 4 is 50.8 Å². The van der Waals surface area contributed by atoms with Gasteiger partial charge < -0.3 is 15.0 Å². The molecule has 1 amide bonds. The average molecular weight is 392 g/mol.